The van der Waals surface area contributed by atoms with E-state index in [9.17, 15) is 14.7 Å². The lowest BCUT2D eigenvalue weighted by atomic mass is 10.0. The fourth-order valence-electron chi connectivity index (χ4n) is 2.24. The van der Waals surface area contributed by atoms with Gasteiger partial charge in [0.25, 0.3) is 5.56 Å². The zero-order chi connectivity index (χ0) is 14.2. The molecule has 0 saturated heterocycles. The number of hydrogen-bond donors (Lipinski definition) is 1. The lowest BCUT2D eigenvalue weighted by Gasteiger charge is -2.20. The molecule has 2 heterocycles. The van der Waals surface area contributed by atoms with Gasteiger partial charge in [-0.25, -0.2) is 4.79 Å². The summed E-state index contributed by atoms with van der Waals surface area (Å²) in [4.78, 5) is 23.9. The Morgan fingerprint density at radius 2 is 2.21 bits per heavy atom. The number of carbonyl (C=O) groups excluding carboxylic acids is 1. The molecule has 6 heteroatoms. The van der Waals surface area contributed by atoms with Gasteiger partial charge in [-0.05, 0) is 18.9 Å². The quantitative estimate of drug-likeness (QED) is 0.854. The third-order valence-corrected chi connectivity index (χ3v) is 4.24. The molecule has 1 aliphatic heterocycles. The van der Waals surface area contributed by atoms with Gasteiger partial charge in [-0.3, -0.25) is 9.36 Å². The zero-order valence-corrected chi connectivity index (χ0v) is 11.9. The number of aromatic nitrogens is 1. The monoisotopic (exact) mass is 283 g/mol. The van der Waals surface area contributed by atoms with Crippen molar-refractivity contribution in [2.24, 2.45) is 5.92 Å². The first kappa shape index (κ1) is 14.1. The number of ether oxygens (including phenoxy) is 1. The molecule has 2 rings (SSSR count). The molecular formula is C13H17NO4S. The highest BCUT2D eigenvalue weighted by Gasteiger charge is 2.37. The molecule has 5 nitrogen and oxygen atoms in total. The molecule has 1 N–H and O–H groups in total. The van der Waals surface area contributed by atoms with E-state index in [0.717, 1.165) is 11.8 Å². The summed E-state index contributed by atoms with van der Waals surface area (Å²) < 4.78 is 6.48. The summed E-state index contributed by atoms with van der Waals surface area (Å²) >= 11 is 1.14. The average molecular weight is 283 g/mol. The maximum absolute atomic E-state index is 12.0. The number of pyridine rings is 1. The summed E-state index contributed by atoms with van der Waals surface area (Å²) in [6.07, 6.45) is 0. The summed E-state index contributed by atoms with van der Waals surface area (Å²) in [6, 6.07) is 2.50. The topological polar surface area (TPSA) is 68.5 Å². The van der Waals surface area contributed by atoms with Gasteiger partial charge >= 0.3 is 5.97 Å². The summed E-state index contributed by atoms with van der Waals surface area (Å²) in [5, 5.41) is 10.6. The Kier molecular flexibility index (Phi) is 4.01. The van der Waals surface area contributed by atoms with Gasteiger partial charge in [0.15, 0.2) is 0 Å². The Labute approximate surface area is 115 Å². The van der Waals surface area contributed by atoms with E-state index in [1.165, 1.54) is 16.7 Å². The summed E-state index contributed by atoms with van der Waals surface area (Å²) in [7, 11) is 0. The summed E-state index contributed by atoms with van der Waals surface area (Å²) in [5.74, 6) is -0.366. The van der Waals surface area contributed by atoms with Gasteiger partial charge in [0.1, 0.15) is 5.44 Å². The molecule has 1 aromatic rings. The van der Waals surface area contributed by atoms with Crippen molar-refractivity contribution in [1.82, 2.24) is 4.57 Å². The molecule has 0 aliphatic carbocycles. The molecule has 1 aromatic heterocycles. The highest BCUT2D eigenvalue weighted by molar-refractivity contribution is 8.00. The zero-order valence-electron chi connectivity index (χ0n) is 11.1. The third kappa shape index (κ3) is 2.42. The fourth-order valence-corrected chi connectivity index (χ4v) is 3.65. The van der Waals surface area contributed by atoms with E-state index in [1.54, 1.807) is 6.92 Å². The van der Waals surface area contributed by atoms with Gasteiger partial charge in [-0.1, -0.05) is 25.6 Å². The molecule has 0 spiro atoms. The molecule has 0 amide bonds. The normalized spacial score (nSPS) is 21.5. The van der Waals surface area contributed by atoms with Crippen LogP contribution in [0.1, 0.15) is 37.2 Å². The average Bonchev–Trinajstić information content (AvgIpc) is 2.67. The van der Waals surface area contributed by atoms with Gasteiger partial charge in [-0.15, -0.1) is 0 Å². The maximum atomic E-state index is 12.0. The fraction of sp³-hybridized carbons (Fsp3) is 0.538. The van der Waals surface area contributed by atoms with Gasteiger partial charge in [-0.2, -0.15) is 0 Å². The van der Waals surface area contributed by atoms with Crippen LogP contribution in [-0.4, -0.2) is 27.7 Å². The van der Waals surface area contributed by atoms with Crippen LogP contribution in [0.3, 0.4) is 0 Å². The molecule has 0 radical (unpaired) electrons. The molecule has 19 heavy (non-hydrogen) atoms. The highest BCUT2D eigenvalue weighted by atomic mass is 32.2. The molecule has 1 aliphatic rings. The molecule has 0 saturated carbocycles. The van der Waals surface area contributed by atoms with Crippen LogP contribution in [0, 0.1) is 5.92 Å². The number of fused-ring (bicyclic) bond motifs is 1. The van der Waals surface area contributed by atoms with Crippen LogP contribution in [0.5, 0.6) is 0 Å². The van der Waals surface area contributed by atoms with Crippen molar-refractivity contribution in [3.63, 3.8) is 0 Å². The standard InChI is InChI=1S/C13H17NO4S/c1-4-18-12(16)8-5-6-9(15)14-10(7(2)3)13(17)19-11(8)14/h5-7,10,13,17H,4H2,1-3H3. The van der Waals surface area contributed by atoms with E-state index >= 15 is 0 Å². The molecule has 2 atom stereocenters. The number of esters is 1. The molecule has 0 bridgehead atoms. The van der Waals surface area contributed by atoms with Crippen molar-refractivity contribution < 1.29 is 14.6 Å². The molecular weight excluding hydrogens is 266 g/mol. The summed E-state index contributed by atoms with van der Waals surface area (Å²) in [6.45, 7) is 5.88. The van der Waals surface area contributed by atoms with E-state index in [-0.39, 0.29) is 24.1 Å². The predicted molar refractivity (Wildman–Crippen MR) is 72.4 cm³/mol. The molecule has 0 fully saturated rings. The Balaban J connectivity index is 2.55. The van der Waals surface area contributed by atoms with Gasteiger partial charge in [0.2, 0.25) is 0 Å². The molecule has 0 aromatic carbocycles. The first-order valence-corrected chi connectivity index (χ1v) is 7.12. The van der Waals surface area contributed by atoms with Crippen LogP contribution in [0.25, 0.3) is 0 Å². The summed E-state index contributed by atoms with van der Waals surface area (Å²) in [5.41, 5.74) is -0.581. The predicted octanol–water partition coefficient (Wildman–Crippen LogP) is 1.65. The van der Waals surface area contributed by atoms with Crippen molar-refractivity contribution in [3.8, 4) is 0 Å². The maximum Gasteiger partial charge on any atom is 0.340 e. The molecule has 2 unspecified atom stereocenters. The van der Waals surface area contributed by atoms with E-state index in [0.29, 0.717) is 10.6 Å². The van der Waals surface area contributed by atoms with E-state index in [2.05, 4.69) is 0 Å². The number of thioether (sulfide) groups is 1. The van der Waals surface area contributed by atoms with Gasteiger partial charge < -0.3 is 9.84 Å². The Morgan fingerprint density at radius 1 is 1.53 bits per heavy atom. The lowest BCUT2D eigenvalue weighted by Crippen LogP contribution is -2.30. The first-order valence-electron chi connectivity index (χ1n) is 6.24. The number of hydrogen-bond acceptors (Lipinski definition) is 5. The minimum Gasteiger partial charge on any atom is -0.462 e. The van der Waals surface area contributed by atoms with Crippen molar-refractivity contribution in [2.45, 2.75) is 37.3 Å². The van der Waals surface area contributed by atoms with Crippen LogP contribution in [-0.2, 0) is 4.74 Å². The number of carbonyl (C=O) groups is 1. The smallest absolute Gasteiger partial charge is 0.340 e. The Hall–Kier alpha value is -1.27. The first-order chi connectivity index (χ1) is 8.97. The minimum absolute atomic E-state index is 0.0962. The largest absolute Gasteiger partial charge is 0.462 e. The van der Waals surface area contributed by atoms with Gasteiger partial charge in [0.05, 0.1) is 23.2 Å². The Bertz CT molecular complexity index is 552. The van der Waals surface area contributed by atoms with Crippen LogP contribution in [0.4, 0.5) is 0 Å². The number of rotatable bonds is 3. The number of aliphatic hydroxyl groups is 1. The molecule has 104 valence electrons. The van der Waals surface area contributed by atoms with Crippen LogP contribution in [0.15, 0.2) is 22.0 Å². The van der Waals surface area contributed by atoms with E-state index in [4.69, 9.17) is 4.74 Å². The van der Waals surface area contributed by atoms with Crippen molar-refractivity contribution in [3.05, 3.63) is 28.0 Å². The third-order valence-electron chi connectivity index (χ3n) is 3.08. The van der Waals surface area contributed by atoms with Crippen molar-refractivity contribution >= 4 is 17.7 Å². The van der Waals surface area contributed by atoms with Crippen molar-refractivity contribution in [1.29, 1.82) is 0 Å². The van der Waals surface area contributed by atoms with Crippen molar-refractivity contribution in [2.75, 3.05) is 6.61 Å². The van der Waals surface area contributed by atoms with Crippen LogP contribution >= 0.6 is 11.8 Å². The number of nitrogens with zero attached hydrogens (tertiary/aromatic N) is 1. The van der Waals surface area contributed by atoms with Crippen LogP contribution < -0.4 is 5.56 Å². The Morgan fingerprint density at radius 3 is 2.79 bits per heavy atom. The lowest BCUT2D eigenvalue weighted by molar-refractivity contribution is 0.0519. The SMILES string of the molecule is CCOC(=O)c1ccc(=O)n2c1SC(O)C2C(C)C. The van der Waals surface area contributed by atoms with E-state index in [1.807, 2.05) is 13.8 Å². The number of aliphatic hydroxyl groups excluding tert-OH is 1. The highest BCUT2D eigenvalue weighted by Crippen LogP contribution is 2.42. The van der Waals surface area contributed by atoms with Gasteiger partial charge in [0, 0.05) is 6.07 Å². The van der Waals surface area contributed by atoms with Crippen LogP contribution in [0.2, 0.25) is 0 Å². The second-order valence-electron chi connectivity index (χ2n) is 4.72. The van der Waals surface area contributed by atoms with E-state index < -0.39 is 11.4 Å². The second-order valence-corrected chi connectivity index (χ2v) is 5.83. The minimum atomic E-state index is -0.719. The second kappa shape index (κ2) is 5.38.